The van der Waals surface area contributed by atoms with Gasteiger partial charge in [0.25, 0.3) is 0 Å². The van der Waals surface area contributed by atoms with Gasteiger partial charge in [-0.25, -0.2) is 0 Å². The first-order valence-electron chi connectivity index (χ1n) is 6.79. The normalized spacial score (nSPS) is 10.1. The molecule has 3 nitrogen and oxygen atoms in total. The van der Waals surface area contributed by atoms with Crippen LogP contribution in [0, 0.1) is 18.3 Å². The first kappa shape index (κ1) is 13.0. The SMILES string of the molecule is Cc1[nH]c(C#N)c(Nc2ccccc2)c1-c1ccccc1. The van der Waals surface area contributed by atoms with Crippen LogP contribution in [0.4, 0.5) is 11.4 Å². The molecule has 3 aromatic rings. The Morgan fingerprint density at radius 1 is 0.952 bits per heavy atom. The van der Waals surface area contributed by atoms with Gasteiger partial charge in [0.15, 0.2) is 0 Å². The lowest BCUT2D eigenvalue weighted by Crippen LogP contribution is -1.93. The van der Waals surface area contributed by atoms with Crippen LogP contribution in [0.25, 0.3) is 11.1 Å². The number of nitrogens with one attached hydrogen (secondary N) is 2. The first-order chi connectivity index (χ1) is 10.3. The summed E-state index contributed by atoms with van der Waals surface area (Å²) in [5.74, 6) is 0. The van der Waals surface area contributed by atoms with Crippen molar-refractivity contribution in [2.45, 2.75) is 6.92 Å². The summed E-state index contributed by atoms with van der Waals surface area (Å²) < 4.78 is 0. The van der Waals surface area contributed by atoms with Crippen LogP contribution in [-0.2, 0) is 0 Å². The fourth-order valence-corrected chi connectivity index (χ4v) is 2.47. The molecule has 0 radical (unpaired) electrons. The number of aromatic amines is 1. The summed E-state index contributed by atoms with van der Waals surface area (Å²) >= 11 is 0. The standard InChI is InChI=1S/C18H15N3/c1-13-17(14-8-4-2-5-9-14)18(16(12-19)20-13)21-15-10-6-3-7-11-15/h2-11,20-21H,1H3. The number of aromatic nitrogens is 1. The Morgan fingerprint density at radius 2 is 1.57 bits per heavy atom. The van der Waals surface area contributed by atoms with Gasteiger partial charge in [0.05, 0.1) is 5.69 Å². The van der Waals surface area contributed by atoms with E-state index in [1.807, 2.05) is 67.6 Å². The van der Waals surface area contributed by atoms with Gasteiger partial charge in [0, 0.05) is 16.9 Å². The van der Waals surface area contributed by atoms with Crippen LogP contribution >= 0.6 is 0 Å². The Balaban J connectivity index is 2.13. The van der Waals surface area contributed by atoms with Crippen molar-refractivity contribution in [3.8, 4) is 17.2 Å². The second-order valence-corrected chi connectivity index (χ2v) is 4.84. The highest BCUT2D eigenvalue weighted by Crippen LogP contribution is 2.36. The van der Waals surface area contributed by atoms with Crippen molar-refractivity contribution in [1.29, 1.82) is 5.26 Å². The molecule has 0 aliphatic carbocycles. The number of hydrogen-bond acceptors (Lipinski definition) is 2. The topological polar surface area (TPSA) is 51.6 Å². The molecule has 0 fully saturated rings. The lowest BCUT2D eigenvalue weighted by atomic mass is 10.0. The molecule has 3 heteroatoms. The Morgan fingerprint density at radius 3 is 2.19 bits per heavy atom. The van der Waals surface area contributed by atoms with Gasteiger partial charge in [-0.2, -0.15) is 5.26 Å². The smallest absolute Gasteiger partial charge is 0.142 e. The molecular weight excluding hydrogens is 258 g/mol. The van der Waals surface area contributed by atoms with Crippen molar-refractivity contribution in [3.63, 3.8) is 0 Å². The third-order valence-electron chi connectivity index (χ3n) is 3.40. The highest BCUT2D eigenvalue weighted by Gasteiger charge is 2.16. The molecule has 0 aliphatic heterocycles. The molecule has 0 amide bonds. The van der Waals surface area contributed by atoms with E-state index in [0.717, 1.165) is 28.2 Å². The van der Waals surface area contributed by atoms with E-state index in [1.54, 1.807) is 0 Å². The maximum absolute atomic E-state index is 9.36. The molecule has 0 saturated heterocycles. The molecule has 3 rings (SSSR count). The lowest BCUT2D eigenvalue weighted by Gasteiger charge is -2.09. The number of H-pyrrole nitrogens is 1. The predicted octanol–water partition coefficient (Wildman–Crippen LogP) is 4.61. The first-order valence-corrected chi connectivity index (χ1v) is 6.79. The summed E-state index contributed by atoms with van der Waals surface area (Å²) in [4.78, 5) is 3.16. The fraction of sp³-hybridized carbons (Fsp3) is 0.0556. The van der Waals surface area contributed by atoms with E-state index in [0.29, 0.717) is 5.69 Å². The van der Waals surface area contributed by atoms with Gasteiger partial charge in [-0.15, -0.1) is 0 Å². The number of aryl methyl sites for hydroxylation is 1. The van der Waals surface area contributed by atoms with Gasteiger partial charge in [-0.1, -0.05) is 48.5 Å². The lowest BCUT2D eigenvalue weighted by molar-refractivity contribution is 1.23. The predicted molar refractivity (Wildman–Crippen MR) is 85.4 cm³/mol. The highest BCUT2D eigenvalue weighted by atomic mass is 14.9. The zero-order chi connectivity index (χ0) is 14.7. The number of para-hydroxylation sites is 1. The fourth-order valence-electron chi connectivity index (χ4n) is 2.47. The number of nitrogens with zero attached hydrogens (tertiary/aromatic N) is 1. The molecule has 0 aliphatic rings. The van der Waals surface area contributed by atoms with E-state index < -0.39 is 0 Å². The molecule has 0 bridgehead atoms. The maximum atomic E-state index is 9.36. The van der Waals surface area contributed by atoms with Crippen LogP contribution < -0.4 is 5.32 Å². The number of rotatable bonds is 3. The van der Waals surface area contributed by atoms with Crippen LogP contribution in [0.15, 0.2) is 60.7 Å². The van der Waals surface area contributed by atoms with Crippen LogP contribution in [0.3, 0.4) is 0 Å². The molecule has 0 atom stereocenters. The molecule has 2 aromatic carbocycles. The minimum Gasteiger partial charge on any atom is -0.353 e. The van der Waals surface area contributed by atoms with Gasteiger partial charge in [-0.3, -0.25) is 0 Å². The third-order valence-corrected chi connectivity index (χ3v) is 3.40. The Hall–Kier alpha value is -2.99. The molecule has 2 N–H and O–H groups in total. The van der Waals surface area contributed by atoms with Crippen molar-refractivity contribution in [3.05, 3.63) is 72.1 Å². The van der Waals surface area contributed by atoms with Crippen LogP contribution in [0.1, 0.15) is 11.4 Å². The molecule has 21 heavy (non-hydrogen) atoms. The highest BCUT2D eigenvalue weighted by molar-refractivity contribution is 5.86. The Labute approximate surface area is 123 Å². The average Bonchev–Trinajstić information content (AvgIpc) is 2.85. The van der Waals surface area contributed by atoms with Crippen LogP contribution in [0.5, 0.6) is 0 Å². The summed E-state index contributed by atoms with van der Waals surface area (Å²) in [6.07, 6.45) is 0. The van der Waals surface area contributed by atoms with Gasteiger partial charge < -0.3 is 10.3 Å². The summed E-state index contributed by atoms with van der Waals surface area (Å²) in [5.41, 5.74) is 5.45. The summed E-state index contributed by atoms with van der Waals surface area (Å²) in [6, 6.07) is 22.2. The van der Waals surface area contributed by atoms with E-state index in [2.05, 4.69) is 16.4 Å². The largest absolute Gasteiger partial charge is 0.353 e. The number of benzene rings is 2. The minimum atomic E-state index is 0.551. The number of nitriles is 1. The van der Waals surface area contributed by atoms with Gasteiger partial charge in [0.1, 0.15) is 11.8 Å². The zero-order valence-electron chi connectivity index (χ0n) is 11.7. The third kappa shape index (κ3) is 2.52. The van der Waals surface area contributed by atoms with Crippen molar-refractivity contribution >= 4 is 11.4 Å². The second kappa shape index (κ2) is 5.56. The monoisotopic (exact) mass is 273 g/mol. The van der Waals surface area contributed by atoms with Gasteiger partial charge >= 0.3 is 0 Å². The Bertz CT molecular complexity index is 781. The molecule has 102 valence electrons. The van der Waals surface area contributed by atoms with E-state index in [-0.39, 0.29) is 0 Å². The van der Waals surface area contributed by atoms with E-state index >= 15 is 0 Å². The second-order valence-electron chi connectivity index (χ2n) is 4.84. The van der Waals surface area contributed by atoms with Gasteiger partial charge in [-0.05, 0) is 24.6 Å². The molecule has 0 saturated carbocycles. The van der Waals surface area contributed by atoms with Crippen LogP contribution in [0.2, 0.25) is 0 Å². The molecule has 1 aromatic heterocycles. The molecule has 0 spiro atoms. The zero-order valence-corrected chi connectivity index (χ0v) is 11.7. The molecular formula is C18H15N3. The van der Waals surface area contributed by atoms with Crippen LogP contribution in [-0.4, -0.2) is 4.98 Å². The summed E-state index contributed by atoms with van der Waals surface area (Å²) in [7, 11) is 0. The Kier molecular flexibility index (Phi) is 3.44. The van der Waals surface area contributed by atoms with Gasteiger partial charge in [0.2, 0.25) is 0 Å². The molecule has 1 heterocycles. The van der Waals surface area contributed by atoms with E-state index in [1.165, 1.54) is 0 Å². The minimum absolute atomic E-state index is 0.551. The quantitative estimate of drug-likeness (QED) is 0.732. The summed E-state index contributed by atoms with van der Waals surface area (Å²) in [6.45, 7) is 1.99. The molecule has 0 unspecified atom stereocenters. The number of anilines is 2. The summed E-state index contributed by atoms with van der Waals surface area (Å²) in [5, 5.41) is 12.7. The van der Waals surface area contributed by atoms with Crippen molar-refractivity contribution in [1.82, 2.24) is 4.98 Å². The maximum Gasteiger partial charge on any atom is 0.142 e. The van der Waals surface area contributed by atoms with E-state index in [4.69, 9.17) is 0 Å². The van der Waals surface area contributed by atoms with Crippen molar-refractivity contribution in [2.24, 2.45) is 0 Å². The average molecular weight is 273 g/mol. The van der Waals surface area contributed by atoms with E-state index in [9.17, 15) is 5.26 Å². The van der Waals surface area contributed by atoms with Crippen molar-refractivity contribution < 1.29 is 0 Å². The van der Waals surface area contributed by atoms with Crippen molar-refractivity contribution in [2.75, 3.05) is 5.32 Å². The number of hydrogen-bond donors (Lipinski definition) is 2.